The minimum Gasteiger partial charge on any atom is -0.392 e. The molecule has 2 aromatic rings. The van der Waals surface area contributed by atoms with Gasteiger partial charge in [0.2, 0.25) is 0 Å². The van der Waals surface area contributed by atoms with Crippen LogP contribution in [0.1, 0.15) is 23.8 Å². The van der Waals surface area contributed by atoms with Crippen molar-refractivity contribution in [1.82, 2.24) is 10.1 Å². The SMILES string of the molecule is O[C@@H]1C[C@@H](c2cc(F)ccc2F)N(Cc2ccno2)C1. The zero-order chi connectivity index (χ0) is 14.1. The fraction of sp³-hybridized carbons (Fsp3) is 0.357. The summed E-state index contributed by atoms with van der Waals surface area (Å²) in [5.74, 6) is -0.323. The maximum atomic E-state index is 13.9. The Labute approximate surface area is 114 Å². The first kappa shape index (κ1) is 13.2. The van der Waals surface area contributed by atoms with E-state index in [1.54, 1.807) is 6.07 Å². The predicted octanol–water partition coefficient (Wildman–Crippen LogP) is 2.26. The van der Waals surface area contributed by atoms with Crippen molar-refractivity contribution in [2.75, 3.05) is 6.54 Å². The lowest BCUT2D eigenvalue weighted by Crippen LogP contribution is -2.24. The fourth-order valence-electron chi connectivity index (χ4n) is 2.67. The number of aliphatic hydroxyl groups is 1. The third-order valence-corrected chi connectivity index (χ3v) is 3.55. The topological polar surface area (TPSA) is 49.5 Å². The van der Waals surface area contributed by atoms with Gasteiger partial charge in [0.15, 0.2) is 5.76 Å². The molecule has 0 spiro atoms. The van der Waals surface area contributed by atoms with Gasteiger partial charge in [-0.2, -0.15) is 0 Å². The third-order valence-electron chi connectivity index (χ3n) is 3.55. The summed E-state index contributed by atoms with van der Waals surface area (Å²) in [6.07, 6.45) is 1.33. The van der Waals surface area contributed by atoms with Crippen molar-refractivity contribution < 1.29 is 18.4 Å². The van der Waals surface area contributed by atoms with Crippen LogP contribution < -0.4 is 0 Å². The minimum absolute atomic E-state index is 0.265. The van der Waals surface area contributed by atoms with Crippen molar-refractivity contribution in [3.63, 3.8) is 0 Å². The monoisotopic (exact) mass is 280 g/mol. The molecular formula is C14H14F2N2O2. The molecule has 20 heavy (non-hydrogen) atoms. The number of aliphatic hydroxyl groups excluding tert-OH is 1. The van der Waals surface area contributed by atoms with Gasteiger partial charge in [-0.1, -0.05) is 5.16 Å². The Morgan fingerprint density at radius 2 is 2.20 bits per heavy atom. The van der Waals surface area contributed by atoms with Gasteiger partial charge in [0.05, 0.1) is 18.8 Å². The van der Waals surface area contributed by atoms with Crippen LogP contribution >= 0.6 is 0 Å². The van der Waals surface area contributed by atoms with Crippen molar-refractivity contribution in [2.24, 2.45) is 0 Å². The number of rotatable bonds is 3. The number of hydrogen-bond acceptors (Lipinski definition) is 4. The highest BCUT2D eigenvalue weighted by Gasteiger charge is 2.34. The lowest BCUT2D eigenvalue weighted by molar-refractivity contribution is 0.165. The van der Waals surface area contributed by atoms with E-state index < -0.39 is 17.7 Å². The highest BCUT2D eigenvalue weighted by molar-refractivity contribution is 5.24. The Morgan fingerprint density at radius 1 is 1.35 bits per heavy atom. The van der Waals surface area contributed by atoms with E-state index in [-0.39, 0.29) is 11.6 Å². The highest BCUT2D eigenvalue weighted by Crippen LogP contribution is 2.35. The Kier molecular flexibility index (Phi) is 3.50. The average Bonchev–Trinajstić information content (AvgIpc) is 3.03. The van der Waals surface area contributed by atoms with Gasteiger partial charge >= 0.3 is 0 Å². The molecule has 1 N–H and O–H groups in total. The number of halogens is 2. The highest BCUT2D eigenvalue weighted by atomic mass is 19.1. The van der Waals surface area contributed by atoms with Gasteiger partial charge in [-0.15, -0.1) is 0 Å². The number of aromatic nitrogens is 1. The van der Waals surface area contributed by atoms with Crippen LogP contribution in [-0.2, 0) is 6.54 Å². The summed E-state index contributed by atoms with van der Waals surface area (Å²) in [5, 5.41) is 13.4. The van der Waals surface area contributed by atoms with Gasteiger partial charge in [-0.25, -0.2) is 8.78 Å². The molecule has 2 atom stereocenters. The maximum absolute atomic E-state index is 13.9. The van der Waals surface area contributed by atoms with E-state index >= 15 is 0 Å². The van der Waals surface area contributed by atoms with Gasteiger partial charge in [-0.3, -0.25) is 4.90 Å². The summed E-state index contributed by atoms with van der Waals surface area (Å²) in [5.41, 5.74) is 0.265. The molecule has 1 saturated heterocycles. The summed E-state index contributed by atoms with van der Waals surface area (Å²) < 4.78 is 32.2. The van der Waals surface area contributed by atoms with Gasteiger partial charge < -0.3 is 9.63 Å². The maximum Gasteiger partial charge on any atom is 0.150 e. The number of likely N-dealkylation sites (tertiary alicyclic amines) is 1. The molecule has 1 fully saturated rings. The van der Waals surface area contributed by atoms with Crippen molar-refractivity contribution in [3.8, 4) is 0 Å². The van der Waals surface area contributed by atoms with Crippen molar-refractivity contribution >= 4 is 0 Å². The van der Waals surface area contributed by atoms with E-state index in [0.717, 1.165) is 12.1 Å². The van der Waals surface area contributed by atoms with Gasteiger partial charge in [-0.05, 0) is 24.6 Å². The summed E-state index contributed by atoms with van der Waals surface area (Å²) >= 11 is 0. The van der Waals surface area contributed by atoms with E-state index in [9.17, 15) is 13.9 Å². The van der Waals surface area contributed by atoms with Crippen LogP contribution in [0.4, 0.5) is 8.78 Å². The molecular weight excluding hydrogens is 266 g/mol. The van der Waals surface area contributed by atoms with Crippen LogP contribution in [-0.4, -0.2) is 27.8 Å². The minimum atomic E-state index is -0.564. The summed E-state index contributed by atoms with van der Waals surface area (Å²) in [6, 6.07) is 4.73. The lowest BCUT2D eigenvalue weighted by Gasteiger charge is -2.23. The molecule has 4 nitrogen and oxygen atoms in total. The molecule has 0 bridgehead atoms. The molecule has 1 aromatic heterocycles. The quantitative estimate of drug-likeness (QED) is 0.937. The number of β-amino-alcohol motifs (C(OH)–C–C–N with tert-alkyl or cyclic N) is 1. The standard InChI is InChI=1S/C14H14F2N2O2/c15-9-1-2-13(16)12(5-9)14-6-10(19)7-18(14)8-11-3-4-17-20-11/h1-5,10,14,19H,6-8H2/t10-,14+/m1/s1. The normalized spacial score (nSPS) is 23.4. The molecule has 0 radical (unpaired) electrons. The largest absolute Gasteiger partial charge is 0.392 e. The Balaban J connectivity index is 1.87. The molecule has 0 aliphatic carbocycles. The van der Waals surface area contributed by atoms with Gasteiger partial charge in [0.1, 0.15) is 11.6 Å². The van der Waals surface area contributed by atoms with Crippen LogP contribution in [0.15, 0.2) is 35.0 Å². The van der Waals surface area contributed by atoms with Crippen molar-refractivity contribution in [2.45, 2.75) is 25.1 Å². The number of benzene rings is 1. The molecule has 3 rings (SSSR count). The van der Waals surface area contributed by atoms with Crippen LogP contribution in [0, 0.1) is 11.6 Å². The summed E-state index contributed by atoms with van der Waals surface area (Å²) in [6.45, 7) is 0.791. The third kappa shape index (κ3) is 2.57. The summed E-state index contributed by atoms with van der Waals surface area (Å²) in [4.78, 5) is 1.86. The predicted molar refractivity (Wildman–Crippen MR) is 66.6 cm³/mol. The molecule has 106 valence electrons. The van der Waals surface area contributed by atoms with Crippen LogP contribution in [0.5, 0.6) is 0 Å². The molecule has 1 aliphatic heterocycles. The second-order valence-corrected chi connectivity index (χ2v) is 4.98. The van der Waals surface area contributed by atoms with E-state index in [4.69, 9.17) is 4.52 Å². The van der Waals surface area contributed by atoms with E-state index in [0.29, 0.717) is 25.3 Å². The van der Waals surface area contributed by atoms with Gasteiger partial charge in [0.25, 0.3) is 0 Å². The lowest BCUT2D eigenvalue weighted by atomic mass is 10.0. The van der Waals surface area contributed by atoms with E-state index in [2.05, 4.69) is 5.16 Å². The van der Waals surface area contributed by atoms with Crippen LogP contribution in [0.3, 0.4) is 0 Å². The second-order valence-electron chi connectivity index (χ2n) is 4.98. The second kappa shape index (κ2) is 5.30. The molecule has 1 aliphatic rings. The fourth-order valence-corrected chi connectivity index (χ4v) is 2.67. The van der Waals surface area contributed by atoms with E-state index in [1.807, 2.05) is 4.90 Å². The smallest absolute Gasteiger partial charge is 0.150 e. The zero-order valence-electron chi connectivity index (χ0n) is 10.7. The van der Waals surface area contributed by atoms with Crippen molar-refractivity contribution in [3.05, 3.63) is 53.4 Å². The first-order valence-corrected chi connectivity index (χ1v) is 6.40. The van der Waals surface area contributed by atoms with Gasteiger partial charge in [0, 0.05) is 24.2 Å². The zero-order valence-corrected chi connectivity index (χ0v) is 10.7. The van der Waals surface area contributed by atoms with Crippen LogP contribution in [0.25, 0.3) is 0 Å². The van der Waals surface area contributed by atoms with Crippen LogP contribution in [0.2, 0.25) is 0 Å². The Hall–Kier alpha value is -1.79. The number of nitrogens with zero attached hydrogens (tertiary/aromatic N) is 2. The molecule has 0 saturated carbocycles. The molecule has 1 aromatic carbocycles. The molecule has 0 amide bonds. The van der Waals surface area contributed by atoms with Crippen molar-refractivity contribution in [1.29, 1.82) is 0 Å². The summed E-state index contributed by atoms with van der Waals surface area (Å²) in [7, 11) is 0. The Bertz CT molecular complexity index is 589. The van der Waals surface area contributed by atoms with E-state index in [1.165, 1.54) is 12.3 Å². The molecule has 0 unspecified atom stereocenters. The average molecular weight is 280 g/mol. The first-order chi connectivity index (χ1) is 9.63. The molecule has 6 heteroatoms. The Morgan fingerprint density at radius 3 is 2.95 bits per heavy atom. The molecule has 2 heterocycles. The number of hydrogen-bond donors (Lipinski definition) is 1. The first-order valence-electron chi connectivity index (χ1n) is 6.40.